The van der Waals surface area contributed by atoms with E-state index in [2.05, 4.69) is 58.7 Å². The number of halogens is 1. The average molecular weight is 493 g/mol. The number of nitrogens with zero attached hydrogens (tertiary/aromatic N) is 2. The van der Waals surface area contributed by atoms with Crippen molar-refractivity contribution in [3.63, 3.8) is 0 Å². The highest BCUT2D eigenvalue weighted by atomic mass is 19.1. The lowest BCUT2D eigenvalue weighted by Crippen LogP contribution is -2.15. The summed E-state index contributed by atoms with van der Waals surface area (Å²) in [6.45, 7) is 4.00. The third-order valence-electron chi connectivity index (χ3n) is 6.68. The van der Waals surface area contributed by atoms with E-state index in [0.29, 0.717) is 5.92 Å². The van der Waals surface area contributed by atoms with Crippen molar-refractivity contribution in [3.05, 3.63) is 107 Å². The van der Waals surface area contributed by atoms with Crippen molar-refractivity contribution < 1.29 is 4.39 Å². The van der Waals surface area contributed by atoms with Crippen LogP contribution in [0.5, 0.6) is 0 Å². The zero-order chi connectivity index (χ0) is 26.2. The third-order valence-corrected chi connectivity index (χ3v) is 6.68. The molecule has 1 heterocycles. The van der Waals surface area contributed by atoms with Crippen LogP contribution in [0.3, 0.4) is 0 Å². The maximum atomic E-state index is 14.0. The van der Waals surface area contributed by atoms with Gasteiger partial charge in [0.25, 0.3) is 0 Å². The molecule has 3 aromatic carbocycles. The molecular weight excluding hydrogens is 459 g/mol. The summed E-state index contributed by atoms with van der Waals surface area (Å²) in [6.07, 6.45) is 10.0. The predicted molar refractivity (Wildman–Crippen MR) is 156 cm³/mol. The van der Waals surface area contributed by atoms with E-state index < -0.39 is 5.97 Å². The molecule has 1 saturated carbocycles. The van der Waals surface area contributed by atoms with Crippen LogP contribution in [0.15, 0.2) is 89.1 Å². The minimum atomic E-state index is -1.02. The van der Waals surface area contributed by atoms with Crippen LogP contribution in [0, 0.1) is 11.3 Å². The first kappa shape index (κ1) is 26.0. The molecule has 3 aromatic rings. The molecule has 0 bridgehead atoms. The van der Waals surface area contributed by atoms with Gasteiger partial charge in [-0.3, -0.25) is 5.41 Å². The lowest BCUT2D eigenvalue weighted by molar-refractivity contribution is 0.401. The maximum Gasteiger partial charge on any atom is 0.214 e. The quantitative estimate of drug-likeness (QED) is 0.195. The highest BCUT2D eigenvalue weighted by Crippen LogP contribution is 2.45. The van der Waals surface area contributed by atoms with Gasteiger partial charge in [0.15, 0.2) is 0 Å². The standard InChI is InChI=1S/C30H27FN4.C2H6/c31-30(33)26-19-24(14-16-27(26)32)29(28(22-7-4-8-22)21-5-2-1-3-6-21)23-12-9-20(10-13-23)11-15-25-17-18-34-35-25;1-2/h1-3,5-6,9-16,18-19,22,33H,4,7-8,17,32H2;1-2H3/b15-11+,29-28-,33-30?;. The summed E-state index contributed by atoms with van der Waals surface area (Å²) in [7, 11) is 0. The van der Waals surface area contributed by atoms with Gasteiger partial charge in [0, 0.05) is 18.3 Å². The molecule has 1 aliphatic carbocycles. The number of rotatable bonds is 7. The lowest BCUT2D eigenvalue weighted by atomic mass is 9.73. The van der Waals surface area contributed by atoms with Gasteiger partial charge in [-0.1, -0.05) is 87.0 Å². The topological polar surface area (TPSA) is 74.6 Å². The average Bonchev–Trinajstić information content (AvgIpc) is 3.43. The first-order chi connectivity index (χ1) is 18.1. The van der Waals surface area contributed by atoms with Crippen molar-refractivity contribution in [2.24, 2.45) is 16.1 Å². The largest absolute Gasteiger partial charge is 0.398 e. The van der Waals surface area contributed by atoms with E-state index >= 15 is 0 Å². The fourth-order valence-electron chi connectivity index (χ4n) is 4.62. The summed E-state index contributed by atoms with van der Waals surface area (Å²) >= 11 is 0. The van der Waals surface area contributed by atoms with Crippen LogP contribution in [0.25, 0.3) is 17.2 Å². The second-order valence-corrected chi connectivity index (χ2v) is 8.95. The minimum absolute atomic E-state index is 0.125. The van der Waals surface area contributed by atoms with Crippen molar-refractivity contribution in [1.29, 1.82) is 5.41 Å². The second kappa shape index (κ2) is 12.2. The molecule has 0 saturated heterocycles. The molecule has 0 radical (unpaired) electrons. The Kier molecular flexibility index (Phi) is 8.57. The molecule has 0 unspecified atom stereocenters. The number of anilines is 1. The van der Waals surface area contributed by atoms with E-state index in [1.165, 1.54) is 17.6 Å². The molecule has 1 aliphatic heterocycles. The van der Waals surface area contributed by atoms with Gasteiger partial charge in [0.05, 0.1) is 11.3 Å². The second-order valence-electron chi connectivity index (χ2n) is 8.95. The van der Waals surface area contributed by atoms with Gasteiger partial charge >= 0.3 is 0 Å². The Morgan fingerprint density at radius 3 is 2.22 bits per heavy atom. The minimum Gasteiger partial charge on any atom is -0.398 e. The summed E-state index contributed by atoms with van der Waals surface area (Å²) in [4.78, 5) is 0. The summed E-state index contributed by atoms with van der Waals surface area (Å²) < 4.78 is 14.0. The van der Waals surface area contributed by atoms with E-state index in [-0.39, 0.29) is 11.3 Å². The summed E-state index contributed by atoms with van der Waals surface area (Å²) in [5.41, 5.74) is 13.8. The number of allylic oxidation sites excluding steroid dienone is 2. The third kappa shape index (κ3) is 6.00. The zero-order valence-electron chi connectivity index (χ0n) is 21.4. The first-order valence-corrected chi connectivity index (χ1v) is 12.9. The number of hydrogen-bond donors (Lipinski definition) is 2. The Morgan fingerprint density at radius 2 is 1.62 bits per heavy atom. The van der Waals surface area contributed by atoms with E-state index in [1.54, 1.807) is 18.3 Å². The van der Waals surface area contributed by atoms with E-state index in [0.717, 1.165) is 47.2 Å². The molecular formula is C32H33FN4. The Hall–Kier alpha value is -4.12. The van der Waals surface area contributed by atoms with Gasteiger partial charge in [-0.2, -0.15) is 14.6 Å². The van der Waals surface area contributed by atoms with Crippen molar-refractivity contribution >= 4 is 40.8 Å². The van der Waals surface area contributed by atoms with Crippen molar-refractivity contribution in [2.45, 2.75) is 39.5 Å². The van der Waals surface area contributed by atoms with Gasteiger partial charge in [0.2, 0.25) is 5.97 Å². The monoisotopic (exact) mass is 492 g/mol. The molecule has 0 atom stereocenters. The molecule has 0 spiro atoms. The molecule has 5 heteroatoms. The summed E-state index contributed by atoms with van der Waals surface area (Å²) in [6, 6.07) is 24.2. The molecule has 0 aromatic heterocycles. The van der Waals surface area contributed by atoms with Crippen LogP contribution in [-0.4, -0.2) is 17.9 Å². The number of nitrogens with one attached hydrogen (secondary N) is 1. The zero-order valence-corrected chi connectivity index (χ0v) is 21.4. The fourth-order valence-corrected chi connectivity index (χ4v) is 4.62. The van der Waals surface area contributed by atoms with Gasteiger partial charge in [0.1, 0.15) is 0 Å². The molecule has 1 fully saturated rings. The van der Waals surface area contributed by atoms with Gasteiger partial charge in [-0.25, -0.2) is 0 Å². The predicted octanol–water partition coefficient (Wildman–Crippen LogP) is 8.19. The fraction of sp³-hybridized carbons (Fsp3) is 0.219. The van der Waals surface area contributed by atoms with Gasteiger partial charge < -0.3 is 5.73 Å². The molecule has 4 nitrogen and oxygen atoms in total. The maximum absolute atomic E-state index is 14.0. The van der Waals surface area contributed by atoms with Crippen LogP contribution >= 0.6 is 0 Å². The van der Waals surface area contributed by atoms with E-state index in [1.807, 2.05) is 38.1 Å². The molecule has 2 aliphatic rings. The van der Waals surface area contributed by atoms with Crippen molar-refractivity contribution in [1.82, 2.24) is 0 Å². The Labute approximate surface area is 218 Å². The van der Waals surface area contributed by atoms with Crippen molar-refractivity contribution in [3.8, 4) is 0 Å². The van der Waals surface area contributed by atoms with Gasteiger partial charge in [-0.05, 0) is 70.4 Å². The molecule has 5 rings (SSSR count). The first-order valence-electron chi connectivity index (χ1n) is 12.9. The SMILES string of the molecule is CC.N=C(F)c1cc(/C(=C(/c2ccccc2)C2CCC2)c2ccc(/C=C/C3=NN=CC3)cc2)ccc1N. The Bertz CT molecular complexity index is 1360. The highest BCUT2D eigenvalue weighted by Gasteiger charge is 2.27. The lowest BCUT2D eigenvalue weighted by Gasteiger charge is -2.31. The Balaban J connectivity index is 0.00000156. The summed E-state index contributed by atoms with van der Waals surface area (Å²) in [5, 5.41) is 15.6. The smallest absolute Gasteiger partial charge is 0.214 e. The van der Waals surface area contributed by atoms with E-state index in [4.69, 9.17) is 11.1 Å². The number of nitrogen functional groups attached to an aromatic ring is 1. The van der Waals surface area contributed by atoms with Crippen LogP contribution in [0.4, 0.5) is 10.1 Å². The summed E-state index contributed by atoms with van der Waals surface area (Å²) in [5.74, 6) is -0.592. The van der Waals surface area contributed by atoms with Crippen LogP contribution < -0.4 is 5.73 Å². The van der Waals surface area contributed by atoms with Crippen molar-refractivity contribution in [2.75, 3.05) is 5.73 Å². The molecule has 0 amide bonds. The van der Waals surface area contributed by atoms with Crippen LogP contribution in [0.2, 0.25) is 0 Å². The number of nitrogens with two attached hydrogens (primary N) is 1. The highest BCUT2D eigenvalue weighted by molar-refractivity contribution is 6.07. The van der Waals surface area contributed by atoms with Crippen LogP contribution in [0.1, 0.15) is 67.3 Å². The number of hydrogen-bond acceptors (Lipinski definition) is 4. The Morgan fingerprint density at radius 1 is 0.919 bits per heavy atom. The van der Waals surface area contributed by atoms with Crippen LogP contribution in [-0.2, 0) is 0 Å². The molecule has 188 valence electrons. The molecule has 3 N–H and O–H groups in total. The molecule has 37 heavy (non-hydrogen) atoms. The normalized spacial score (nSPS) is 15.5. The van der Waals surface area contributed by atoms with E-state index in [9.17, 15) is 4.39 Å². The van der Waals surface area contributed by atoms with Gasteiger partial charge in [-0.15, -0.1) is 0 Å². The number of benzene rings is 3.